The van der Waals surface area contributed by atoms with E-state index in [1.165, 1.54) is 4.90 Å². The first-order valence-corrected chi connectivity index (χ1v) is 7.09. The van der Waals surface area contributed by atoms with Gasteiger partial charge < -0.3 is 16.0 Å². The van der Waals surface area contributed by atoms with Gasteiger partial charge >= 0.3 is 0 Å². The number of hydrogen-bond acceptors (Lipinski definition) is 4. The number of aromatic amines is 1. The quantitative estimate of drug-likeness (QED) is 0.727. The third kappa shape index (κ3) is 4.47. The molecule has 0 saturated carbocycles. The van der Waals surface area contributed by atoms with Gasteiger partial charge in [-0.05, 0) is 11.8 Å². The summed E-state index contributed by atoms with van der Waals surface area (Å²) in [5.74, 6) is -0.0441. The Balaban J connectivity index is 2.68. The topological polar surface area (TPSA) is 104 Å². The molecule has 0 unspecified atom stereocenters. The highest BCUT2D eigenvalue weighted by atomic mass is 16.2. The van der Waals surface area contributed by atoms with Crippen LogP contribution in [-0.4, -0.2) is 47.0 Å². The molecule has 0 saturated heterocycles. The molecular weight excluding hydrogens is 270 g/mol. The van der Waals surface area contributed by atoms with E-state index in [1.54, 1.807) is 7.05 Å². The minimum atomic E-state index is -0.365. The second-order valence-electron chi connectivity index (χ2n) is 5.91. The molecule has 0 aliphatic carbocycles. The van der Waals surface area contributed by atoms with Crippen molar-refractivity contribution in [2.24, 2.45) is 5.92 Å². The molecule has 0 bridgehead atoms. The first kappa shape index (κ1) is 17.0. The van der Waals surface area contributed by atoms with E-state index in [2.05, 4.69) is 15.5 Å². The van der Waals surface area contributed by atoms with Crippen LogP contribution in [0.25, 0.3) is 0 Å². The molecule has 0 radical (unpaired) electrons. The summed E-state index contributed by atoms with van der Waals surface area (Å²) >= 11 is 0. The second-order valence-corrected chi connectivity index (χ2v) is 5.91. The molecule has 0 fully saturated rings. The zero-order chi connectivity index (χ0) is 16.2. The van der Waals surface area contributed by atoms with Crippen LogP contribution in [0.2, 0.25) is 0 Å². The molecule has 4 N–H and O–H groups in total. The minimum absolute atomic E-state index is 0.0190. The number of likely N-dealkylation sites (N-methyl/N-ethyl adjacent to an activating group) is 1. The van der Waals surface area contributed by atoms with Crippen LogP contribution in [0, 0.1) is 5.92 Å². The molecule has 118 valence electrons. The number of carbonyl (C=O) groups is 2. The predicted octanol–water partition coefficient (Wildman–Crippen LogP) is 0.959. The lowest BCUT2D eigenvalue weighted by molar-refractivity contribution is -0.121. The highest BCUT2D eigenvalue weighted by molar-refractivity contribution is 5.99. The van der Waals surface area contributed by atoms with Gasteiger partial charge in [0.25, 0.3) is 5.91 Å². The van der Waals surface area contributed by atoms with Crippen LogP contribution in [-0.2, 0) is 4.79 Å². The number of rotatable bonds is 6. The molecule has 0 atom stereocenters. The number of aromatic nitrogens is 2. The summed E-state index contributed by atoms with van der Waals surface area (Å²) in [7, 11) is 1.56. The van der Waals surface area contributed by atoms with Crippen molar-refractivity contribution < 1.29 is 9.59 Å². The van der Waals surface area contributed by atoms with E-state index in [4.69, 9.17) is 5.73 Å². The first-order chi connectivity index (χ1) is 9.73. The van der Waals surface area contributed by atoms with Crippen molar-refractivity contribution >= 4 is 17.5 Å². The number of amides is 2. The minimum Gasteiger partial charge on any atom is -0.395 e. The van der Waals surface area contributed by atoms with Crippen LogP contribution in [0.1, 0.15) is 49.8 Å². The summed E-state index contributed by atoms with van der Waals surface area (Å²) in [4.78, 5) is 25.3. The predicted molar refractivity (Wildman–Crippen MR) is 81.9 cm³/mol. The summed E-state index contributed by atoms with van der Waals surface area (Å²) in [5, 5.41) is 9.51. The van der Waals surface area contributed by atoms with Crippen molar-refractivity contribution in [3.05, 3.63) is 11.4 Å². The maximum Gasteiger partial charge on any atom is 0.276 e. The van der Waals surface area contributed by atoms with Gasteiger partial charge in [0, 0.05) is 13.6 Å². The molecule has 1 rings (SSSR count). The van der Waals surface area contributed by atoms with Crippen LogP contribution in [0.5, 0.6) is 0 Å². The third-order valence-corrected chi connectivity index (χ3v) is 3.05. The Morgan fingerprint density at radius 2 is 1.95 bits per heavy atom. The number of nitrogens with zero attached hydrogens (tertiary/aromatic N) is 2. The normalized spacial score (nSPS) is 11.0. The van der Waals surface area contributed by atoms with Gasteiger partial charge in [-0.2, -0.15) is 5.10 Å². The summed E-state index contributed by atoms with van der Waals surface area (Å²) in [6.45, 7) is 8.50. The van der Waals surface area contributed by atoms with Crippen molar-refractivity contribution in [1.29, 1.82) is 0 Å². The Bertz CT molecular complexity index is 507. The lowest BCUT2D eigenvalue weighted by atomic mass is 10.1. The van der Waals surface area contributed by atoms with Gasteiger partial charge in [0.05, 0.1) is 17.9 Å². The van der Waals surface area contributed by atoms with E-state index in [-0.39, 0.29) is 30.0 Å². The van der Waals surface area contributed by atoms with Crippen molar-refractivity contribution in [2.75, 3.05) is 25.9 Å². The molecule has 0 aliphatic rings. The van der Waals surface area contributed by atoms with Crippen LogP contribution < -0.4 is 11.1 Å². The Morgan fingerprint density at radius 3 is 2.43 bits per heavy atom. The monoisotopic (exact) mass is 295 g/mol. The Morgan fingerprint density at radius 1 is 1.33 bits per heavy atom. The van der Waals surface area contributed by atoms with Crippen LogP contribution >= 0.6 is 0 Å². The summed E-state index contributed by atoms with van der Waals surface area (Å²) in [6.07, 6.45) is 0. The highest BCUT2D eigenvalue weighted by Gasteiger charge is 2.23. The van der Waals surface area contributed by atoms with Crippen LogP contribution in [0.15, 0.2) is 0 Å². The lowest BCUT2D eigenvalue weighted by Crippen LogP contribution is -2.39. The third-order valence-electron chi connectivity index (χ3n) is 3.05. The fraction of sp³-hybridized carbons (Fsp3) is 0.643. The van der Waals surface area contributed by atoms with Gasteiger partial charge in [-0.1, -0.05) is 27.7 Å². The van der Waals surface area contributed by atoms with E-state index < -0.39 is 0 Å². The van der Waals surface area contributed by atoms with Crippen molar-refractivity contribution in [2.45, 2.75) is 33.6 Å². The van der Waals surface area contributed by atoms with Crippen molar-refractivity contribution in [1.82, 2.24) is 20.4 Å². The van der Waals surface area contributed by atoms with E-state index >= 15 is 0 Å². The molecule has 1 heterocycles. The standard InChI is InChI=1S/C14H25N5O2/c1-8(2)6-16-10(20)7-19(5)14(21)13-11(15)12(9(3)4)17-18-13/h8-9H,6-7,15H2,1-5H3,(H,16,20)(H,17,18). The molecule has 1 aromatic rings. The Hall–Kier alpha value is -2.05. The zero-order valence-corrected chi connectivity index (χ0v) is 13.4. The number of nitrogens with one attached hydrogen (secondary N) is 2. The summed E-state index contributed by atoms with van der Waals surface area (Å²) < 4.78 is 0. The number of nitrogens with two attached hydrogens (primary N) is 1. The Labute approximate surface area is 125 Å². The van der Waals surface area contributed by atoms with E-state index in [9.17, 15) is 9.59 Å². The van der Waals surface area contributed by atoms with E-state index in [0.717, 1.165) is 5.69 Å². The van der Waals surface area contributed by atoms with Crippen molar-refractivity contribution in [3.8, 4) is 0 Å². The number of hydrogen-bond donors (Lipinski definition) is 3. The molecule has 1 aromatic heterocycles. The molecule has 0 aromatic carbocycles. The number of anilines is 1. The molecule has 7 nitrogen and oxygen atoms in total. The molecule has 0 aliphatic heterocycles. The molecule has 0 spiro atoms. The van der Waals surface area contributed by atoms with Gasteiger partial charge in [-0.15, -0.1) is 0 Å². The van der Waals surface area contributed by atoms with Gasteiger partial charge in [0.2, 0.25) is 5.91 Å². The fourth-order valence-corrected chi connectivity index (χ4v) is 1.81. The average molecular weight is 295 g/mol. The van der Waals surface area contributed by atoms with Gasteiger partial charge in [0.1, 0.15) is 0 Å². The number of carbonyl (C=O) groups excluding carboxylic acids is 2. The fourth-order valence-electron chi connectivity index (χ4n) is 1.81. The average Bonchev–Trinajstić information content (AvgIpc) is 2.77. The Kier molecular flexibility index (Phi) is 5.75. The summed E-state index contributed by atoms with van der Waals surface area (Å²) in [6, 6.07) is 0. The summed E-state index contributed by atoms with van der Waals surface area (Å²) in [5.41, 5.74) is 7.18. The van der Waals surface area contributed by atoms with Crippen LogP contribution in [0.3, 0.4) is 0 Å². The maximum absolute atomic E-state index is 12.3. The molecule has 21 heavy (non-hydrogen) atoms. The van der Waals surface area contributed by atoms with Crippen LogP contribution in [0.4, 0.5) is 5.69 Å². The number of H-pyrrole nitrogens is 1. The molecule has 7 heteroatoms. The van der Waals surface area contributed by atoms with Gasteiger partial charge in [0.15, 0.2) is 5.69 Å². The van der Waals surface area contributed by atoms with Gasteiger partial charge in [-0.25, -0.2) is 0 Å². The lowest BCUT2D eigenvalue weighted by Gasteiger charge is -2.16. The molecular formula is C14H25N5O2. The SMILES string of the molecule is CC(C)CNC(=O)CN(C)C(=O)c1n[nH]c(C(C)C)c1N. The van der Waals surface area contributed by atoms with E-state index in [0.29, 0.717) is 18.2 Å². The maximum atomic E-state index is 12.3. The zero-order valence-electron chi connectivity index (χ0n) is 13.4. The largest absolute Gasteiger partial charge is 0.395 e. The molecule has 2 amide bonds. The highest BCUT2D eigenvalue weighted by Crippen LogP contribution is 2.22. The second kappa shape index (κ2) is 7.10. The van der Waals surface area contributed by atoms with Gasteiger partial charge in [-0.3, -0.25) is 14.7 Å². The smallest absolute Gasteiger partial charge is 0.276 e. The number of nitrogen functional groups attached to an aromatic ring is 1. The van der Waals surface area contributed by atoms with E-state index in [1.807, 2.05) is 27.7 Å². The van der Waals surface area contributed by atoms with Crippen molar-refractivity contribution in [3.63, 3.8) is 0 Å². The first-order valence-electron chi connectivity index (χ1n) is 7.09.